The Morgan fingerprint density at radius 3 is 2.75 bits per heavy atom. The minimum Gasteiger partial charge on any atom is -0.497 e. The van der Waals surface area contributed by atoms with Gasteiger partial charge in [-0.05, 0) is 17.7 Å². The number of methoxy groups -OCH3 is 1. The zero-order valence-corrected chi connectivity index (χ0v) is 12.0. The third-order valence-electron chi connectivity index (χ3n) is 3.28. The van der Waals surface area contributed by atoms with E-state index in [-0.39, 0.29) is 0 Å². The molecule has 1 aliphatic heterocycles. The van der Waals surface area contributed by atoms with Crippen LogP contribution in [0.1, 0.15) is 22.6 Å². The molecule has 20 heavy (non-hydrogen) atoms. The minimum atomic E-state index is 0.691. The van der Waals surface area contributed by atoms with E-state index in [1.807, 2.05) is 36.0 Å². The van der Waals surface area contributed by atoms with Gasteiger partial charge in [0.1, 0.15) is 17.4 Å². The Hall–Kier alpha value is -1.79. The average molecular weight is 288 g/mol. The second kappa shape index (κ2) is 5.68. The van der Waals surface area contributed by atoms with Gasteiger partial charge in [-0.25, -0.2) is 15.8 Å². The molecule has 0 spiro atoms. The van der Waals surface area contributed by atoms with Crippen molar-refractivity contribution in [3.8, 4) is 5.75 Å². The highest BCUT2D eigenvalue weighted by Crippen LogP contribution is 2.32. The van der Waals surface area contributed by atoms with Gasteiger partial charge in [0.05, 0.1) is 12.8 Å². The number of benzene rings is 1. The number of ether oxygens (including phenoxy) is 1. The van der Waals surface area contributed by atoms with Gasteiger partial charge in [0.25, 0.3) is 0 Å². The van der Waals surface area contributed by atoms with Crippen molar-refractivity contribution in [3.05, 3.63) is 46.9 Å². The monoisotopic (exact) mass is 288 g/mol. The van der Waals surface area contributed by atoms with Gasteiger partial charge in [-0.2, -0.15) is 11.8 Å². The van der Waals surface area contributed by atoms with Crippen molar-refractivity contribution in [3.63, 3.8) is 0 Å². The highest BCUT2D eigenvalue weighted by Gasteiger charge is 2.19. The van der Waals surface area contributed by atoms with Crippen LogP contribution in [0.25, 0.3) is 0 Å². The van der Waals surface area contributed by atoms with E-state index in [1.165, 1.54) is 0 Å². The molecule has 0 saturated carbocycles. The first-order valence-corrected chi connectivity index (χ1v) is 7.51. The Morgan fingerprint density at radius 2 is 2.05 bits per heavy atom. The Labute approximate surface area is 121 Å². The summed E-state index contributed by atoms with van der Waals surface area (Å²) < 4.78 is 5.16. The number of nitrogens with zero attached hydrogens (tertiary/aromatic N) is 2. The number of thioether (sulfide) groups is 1. The quantitative estimate of drug-likeness (QED) is 0.663. The van der Waals surface area contributed by atoms with Crippen LogP contribution in [0.4, 0.5) is 5.82 Å². The SMILES string of the molecule is COc1ccc(Cc2nc3c(c(NN)n2)CSC3)cc1. The third-order valence-corrected chi connectivity index (χ3v) is 4.25. The molecule has 3 N–H and O–H groups in total. The third kappa shape index (κ3) is 2.57. The van der Waals surface area contributed by atoms with E-state index >= 15 is 0 Å². The molecule has 1 aliphatic rings. The minimum absolute atomic E-state index is 0.691. The van der Waals surface area contributed by atoms with Gasteiger partial charge in [-0.3, -0.25) is 0 Å². The molecule has 0 amide bonds. The summed E-state index contributed by atoms with van der Waals surface area (Å²) in [6.45, 7) is 0. The molecule has 0 aliphatic carbocycles. The fourth-order valence-corrected chi connectivity index (χ4v) is 3.27. The number of hydrogen-bond donors (Lipinski definition) is 2. The van der Waals surface area contributed by atoms with E-state index in [0.717, 1.165) is 45.7 Å². The van der Waals surface area contributed by atoms with E-state index in [0.29, 0.717) is 6.42 Å². The van der Waals surface area contributed by atoms with Gasteiger partial charge in [-0.15, -0.1) is 0 Å². The lowest BCUT2D eigenvalue weighted by molar-refractivity contribution is 0.414. The largest absolute Gasteiger partial charge is 0.497 e. The van der Waals surface area contributed by atoms with E-state index in [1.54, 1.807) is 7.11 Å². The highest BCUT2D eigenvalue weighted by molar-refractivity contribution is 7.98. The fourth-order valence-electron chi connectivity index (χ4n) is 2.23. The smallest absolute Gasteiger partial charge is 0.148 e. The van der Waals surface area contributed by atoms with Crippen molar-refractivity contribution in [2.45, 2.75) is 17.9 Å². The van der Waals surface area contributed by atoms with Crippen molar-refractivity contribution in [1.29, 1.82) is 0 Å². The molecule has 104 valence electrons. The van der Waals surface area contributed by atoms with Gasteiger partial charge in [0.15, 0.2) is 0 Å². The summed E-state index contributed by atoms with van der Waals surface area (Å²) in [6, 6.07) is 7.95. The maximum Gasteiger partial charge on any atom is 0.148 e. The second-order valence-electron chi connectivity index (χ2n) is 4.58. The number of nitrogens with two attached hydrogens (primary N) is 1. The molecule has 1 aromatic carbocycles. The molecular weight excluding hydrogens is 272 g/mol. The summed E-state index contributed by atoms with van der Waals surface area (Å²) in [7, 11) is 1.66. The summed E-state index contributed by atoms with van der Waals surface area (Å²) in [5, 5.41) is 0. The summed E-state index contributed by atoms with van der Waals surface area (Å²) in [5.74, 6) is 9.82. The fraction of sp³-hybridized carbons (Fsp3) is 0.286. The molecular formula is C14H16N4OS. The average Bonchev–Trinajstić information content (AvgIpc) is 2.95. The first-order chi connectivity index (χ1) is 9.80. The number of rotatable bonds is 4. The van der Waals surface area contributed by atoms with Crippen molar-refractivity contribution in [2.24, 2.45) is 5.84 Å². The molecule has 1 aromatic heterocycles. The second-order valence-corrected chi connectivity index (χ2v) is 5.56. The maximum absolute atomic E-state index is 5.56. The lowest BCUT2D eigenvalue weighted by Gasteiger charge is -2.09. The summed E-state index contributed by atoms with van der Waals surface area (Å²) >= 11 is 1.84. The number of anilines is 1. The molecule has 0 bridgehead atoms. The Balaban J connectivity index is 1.86. The number of hydrogen-bond acceptors (Lipinski definition) is 6. The van der Waals surface area contributed by atoms with Crippen LogP contribution in [-0.2, 0) is 17.9 Å². The van der Waals surface area contributed by atoms with E-state index in [4.69, 9.17) is 10.6 Å². The van der Waals surface area contributed by atoms with Crippen molar-refractivity contribution < 1.29 is 4.74 Å². The first-order valence-electron chi connectivity index (χ1n) is 6.36. The molecule has 0 radical (unpaired) electrons. The maximum atomic E-state index is 5.56. The lowest BCUT2D eigenvalue weighted by Crippen LogP contribution is -2.14. The number of hydrazine groups is 1. The highest BCUT2D eigenvalue weighted by atomic mass is 32.2. The predicted octanol–water partition coefficient (Wildman–Crippen LogP) is 2.11. The number of fused-ring (bicyclic) bond motifs is 1. The standard InChI is InChI=1S/C14H16N4OS/c1-19-10-4-2-9(3-5-10)6-13-16-12-8-20-7-11(12)14(17-13)18-15/h2-5H,6-8,15H2,1H3,(H,16,17,18). The Morgan fingerprint density at radius 1 is 1.25 bits per heavy atom. The van der Waals surface area contributed by atoms with Crippen LogP contribution in [-0.4, -0.2) is 17.1 Å². The zero-order chi connectivity index (χ0) is 13.9. The van der Waals surface area contributed by atoms with E-state index in [2.05, 4.69) is 15.4 Å². The molecule has 5 nitrogen and oxygen atoms in total. The molecule has 2 aromatic rings. The van der Waals surface area contributed by atoms with Crippen LogP contribution in [0.15, 0.2) is 24.3 Å². The van der Waals surface area contributed by atoms with Crippen LogP contribution in [0, 0.1) is 0 Å². The summed E-state index contributed by atoms with van der Waals surface area (Å²) in [5.41, 5.74) is 6.07. The summed E-state index contributed by atoms with van der Waals surface area (Å²) in [6.07, 6.45) is 0.691. The number of nitrogen functional groups attached to an aromatic ring is 1. The van der Waals surface area contributed by atoms with Crippen LogP contribution in [0.5, 0.6) is 5.75 Å². The topological polar surface area (TPSA) is 73.1 Å². The number of aromatic nitrogens is 2. The van der Waals surface area contributed by atoms with Crippen LogP contribution < -0.4 is 16.0 Å². The summed E-state index contributed by atoms with van der Waals surface area (Å²) in [4.78, 5) is 9.15. The zero-order valence-electron chi connectivity index (χ0n) is 11.2. The van der Waals surface area contributed by atoms with Crippen LogP contribution in [0.2, 0.25) is 0 Å². The Kier molecular flexibility index (Phi) is 3.75. The molecule has 0 fully saturated rings. The van der Waals surface area contributed by atoms with Gasteiger partial charge >= 0.3 is 0 Å². The molecule has 0 unspecified atom stereocenters. The normalized spacial score (nSPS) is 13.1. The van der Waals surface area contributed by atoms with E-state index < -0.39 is 0 Å². The lowest BCUT2D eigenvalue weighted by atomic mass is 10.1. The van der Waals surface area contributed by atoms with Crippen LogP contribution >= 0.6 is 11.8 Å². The predicted molar refractivity (Wildman–Crippen MR) is 80.6 cm³/mol. The number of nitrogens with one attached hydrogen (secondary N) is 1. The van der Waals surface area contributed by atoms with Gasteiger partial charge in [-0.1, -0.05) is 12.1 Å². The molecule has 3 rings (SSSR count). The van der Waals surface area contributed by atoms with E-state index in [9.17, 15) is 0 Å². The van der Waals surface area contributed by atoms with Crippen molar-refractivity contribution >= 4 is 17.6 Å². The van der Waals surface area contributed by atoms with Crippen molar-refractivity contribution in [1.82, 2.24) is 9.97 Å². The molecule has 0 atom stereocenters. The first kappa shape index (κ1) is 13.2. The van der Waals surface area contributed by atoms with Gasteiger partial charge < -0.3 is 10.2 Å². The molecule has 6 heteroatoms. The van der Waals surface area contributed by atoms with Crippen LogP contribution in [0.3, 0.4) is 0 Å². The van der Waals surface area contributed by atoms with Gasteiger partial charge in [0.2, 0.25) is 0 Å². The molecule has 2 heterocycles. The van der Waals surface area contributed by atoms with Crippen molar-refractivity contribution in [2.75, 3.05) is 12.5 Å². The van der Waals surface area contributed by atoms with Gasteiger partial charge in [0, 0.05) is 23.5 Å². The Bertz CT molecular complexity index is 615. The molecule has 0 saturated heterocycles.